The summed E-state index contributed by atoms with van der Waals surface area (Å²) in [5.41, 5.74) is 2.56. The highest BCUT2D eigenvalue weighted by Crippen LogP contribution is 2.29. The molecule has 1 N–H and O–H groups in total. The monoisotopic (exact) mass is 177 g/mol. The smallest absolute Gasteiger partial charge is 0.154 e. The second kappa shape index (κ2) is 2.85. The van der Waals surface area contributed by atoms with E-state index in [9.17, 15) is 9.90 Å². The van der Waals surface area contributed by atoms with E-state index < -0.39 is 0 Å². The Morgan fingerprint density at radius 3 is 2.92 bits per heavy atom. The summed E-state index contributed by atoms with van der Waals surface area (Å²) in [6.45, 7) is 1.61. The zero-order chi connectivity index (χ0) is 9.42. The van der Waals surface area contributed by atoms with Crippen molar-refractivity contribution in [2.24, 2.45) is 0 Å². The maximum absolute atomic E-state index is 10.7. The number of carbonyl (C=O) groups is 1. The van der Waals surface area contributed by atoms with Crippen LogP contribution >= 0.6 is 0 Å². The quantitative estimate of drug-likeness (QED) is 0.654. The number of fused-ring (bicyclic) bond motifs is 1. The molecule has 3 heteroatoms. The van der Waals surface area contributed by atoms with Crippen LogP contribution in [0.25, 0.3) is 0 Å². The van der Waals surface area contributed by atoms with Gasteiger partial charge in [0.2, 0.25) is 0 Å². The third-order valence-electron chi connectivity index (χ3n) is 2.42. The second-order valence-electron chi connectivity index (χ2n) is 3.43. The molecule has 2 rings (SSSR count). The Morgan fingerprint density at radius 1 is 1.46 bits per heavy atom. The summed E-state index contributed by atoms with van der Waals surface area (Å²) in [4.78, 5) is 12.8. The predicted octanol–water partition coefficient (Wildman–Crippen LogP) is 1.15. The molecule has 13 heavy (non-hydrogen) atoms. The summed E-state index contributed by atoms with van der Waals surface area (Å²) in [6.07, 6.45) is 0.729. The molecule has 0 aliphatic carbocycles. The molecule has 1 aliphatic heterocycles. The fourth-order valence-corrected chi connectivity index (χ4v) is 1.78. The van der Waals surface area contributed by atoms with Crippen molar-refractivity contribution in [3.05, 3.63) is 28.8 Å². The third-order valence-corrected chi connectivity index (χ3v) is 2.42. The molecule has 1 heterocycles. The van der Waals surface area contributed by atoms with Crippen molar-refractivity contribution < 1.29 is 9.90 Å². The number of hydrogen-bond donors (Lipinski definition) is 1. The number of aldehydes is 1. The van der Waals surface area contributed by atoms with Crippen LogP contribution in [-0.2, 0) is 13.1 Å². The summed E-state index contributed by atoms with van der Waals surface area (Å²) in [7, 11) is 1.99. The summed E-state index contributed by atoms with van der Waals surface area (Å²) >= 11 is 0. The number of phenolic OH excluding ortho intramolecular Hbond substituents is 1. The normalized spacial score (nSPS) is 15.8. The maximum Gasteiger partial charge on any atom is 0.154 e. The van der Waals surface area contributed by atoms with Gasteiger partial charge in [-0.1, -0.05) is 6.07 Å². The van der Waals surface area contributed by atoms with Crippen LogP contribution < -0.4 is 0 Å². The van der Waals surface area contributed by atoms with E-state index in [0.29, 0.717) is 5.56 Å². The van der Waals surface area contributed by atoms with Gasteiger partial charge in [0.15, 0.2) is 6.29 Å². The van der Waals surface area contributed by atoms with Crippen molar-refractivity contribution >= 4 is 6.29 Å². The first-order valence-electron chi connectivity index (χ1n) is 4.20. The molecule has 1 aromatic carbocycles. The molecule has 0 saturated heterocycles. The molecule has 0 unspecified atom stereocenters. The van der Waals surface area contributed by atoms with Crippen molar-refractivity contribution in [1.29, 1.82) is 0 Å². The molecule has 0 aromatic heterocycles. The summed E-state index contributed by atoms with van der Waals surface area (Å²) in [5, 5.41) is 9.41. The highest BCUT2D eigenvalue weighted by molar-refractivity contribution is 5.82. The topological polar surface area (TPSA) is 40.5 Å². The molecule has 0 atom stereocenters. The zero-order valence-electron chi connectivity index (χ0n) is 7.45. The first kappa shape index (κ1) is 8.26. The van der Waals surface area contributed by atoms with Crippen LogP contribution in [0.4, 0.5) is 0 Å². The average molecular weight is 177 g/mol. The molecule has 0 amide bonds. The van der Waals surface area contributed by atoms with Crippen LogP contribution in [0.15, 0.2) is 12.1 Å². The average Bonchev–Trinajstić information content (AvgIpc) is 2.45. The van der Waals surface area contributed by atoms with Gasteiger partial charge in [0.05, 0.1) is 5.56 Å². The number of hydrogen-bond acceptors (Lipinski definition) is 3. The molecular formula is C10H11NO2. The van der Waals surface area contributed by atoms with E-state index in [1.54, 1.807) is 6.07 Å². The van der Waals surface area contributed by atoms with Gasteiger partial charge < -0.3 is 5.11 Å². The van der Waals surface area contributed by atoms with Crippen LogP contribution in [0.2, 0.25) is 0 Å². The summed E-state index contributed by atoms with van der Waals surface area (Å²) in [6, 6.07) is 3.46. The number of aromatic hydroxyl groups is 1. The number of nitrogens with zero attached hydrogens (tertiary/aromatic N) is 1. The van der Waals surface area contributed by atoms with Crippen molar-refractivity contribution in [3.63, 3.8) is 0 Å². The van der Waals surface area contributed by atoms with E-state index in [2.05, 4.69) is 4.90 Å². The van der Waals surface area contributed by atoms with Gasteiger partial charge in [-0.25, -0.2) is 0 Å². The maximum atomic E-state index is 10.7. The Kier molecular flexibility index (Phi) is 1.81. The fraction of sp³-hybridized carbons (Fsp3) is 0.300. The van der Waals surface area contributed by atoms with Gasteiger partial charge in [-0.15, -0.1) is 0 Å². The molecular weight excluding hydrogens is 166 g/mol. The molecule has 0 spiro atoms. The van der Waals surface area contributed by atoms with Crippen LogP contribution in [0.3, 0.4) is 0 Å². The van der Waals surface area contributed by atoms with Crippen molar-refractivity contribution in [1.82, 2.24) is 4.90 Å². The van der Waals surface area contributed by atoms with E-state index in [-0.39, 0.29) is 5.75 Å². The second-order valence-corrected chi connectivity index (χ2v) is 3.43. The van der Waals surface area contributed by atoms with Crippen molar-refractivity contribution in [3.8, 4) is 5.75 Å². The first-order valence-corrected chi connectivity index (χ1v) is 4.20. The lowest BCUT2D eigenvalue weighted by Crippen LogP contribution is -2.07. The molecule has 0 bridgehead atoms. The van der Waals surface area contributed by atoms with Crippen LogP contribution in [0.5, 0.6) is 5.75 Å². The number of carbonyl (C=O) groups excluding carboxylic acids is 1. The van der Waals surface area contributed by atoms with Gasteiger partial charge >= 0.3 is 0 Å². The SMILES string of the molecule is CN1Cc2ccc(O)c(C=O)c2C1. The Morgan fingerprint density at radius 2 is 2.23 bits per heavy atom. The van der Waals surface area contributed by atoms with Crippen LogP contribution in [0, 0.1) is 0 Å². The summed E-state index contributed by atoms with van der Waals surface area (Å²) < 4.78 is 0. The van der Waals surface area contributed by atoms with E-state index >= 15 is 0 Å². The highest BCUT2D eigenvalue weighted by Gasteiger charge is 2.20. The predicted molar refractivity (Wildman–Crippen MR) is 48.7 cm³/mol. The van der Waals surface area contributed by atoms with Crippen LogP contribution in [-0.4, -0.2) is 23.3 Å². The minimum Gasteiger partial charge on any atom is -0.507 e. The van der Waals surface area contributed by atoms with Gasteiger partial charge in [-0.3, -0.25) is 9.69 Å². The van der Waals surface area contributed by atoms with Crippen LogP contribution in [0.1, 0.15) is 21.5 Å². The molecule has 0 radical (unpaired) electrons. The molecule has 0 saturated carbocycles. The molecule has 68 valence electrons. The van der Waals surface area contributed by atoms with Crippen molar-refractivity contribution in [2.75, 3.05) is 7.05 Å². The van der Waals surface area contributed by atoms with Gasteiger partial charge in [-0.05, 0) is 24.2 Å². The molecule has 1 aliphatic rings. The lowest BCUT2D eigenvalue weighted by molar-refractivity contribution is 0.112. The lowest BCUT2D eigenvalue weighted by Gasteiger charge is -2.04. The standard InChI is InChI=1S/C10H11NO2/c1-11-4-7-2-3-10(13)9(6-12)8(7)5-11/h2-3,6,13H,4-5H2,1H3. The minimum absolute atomic E-state index is 0.0871. The first-order chi connectivity index (χ1) is 6.22. The van der Waals surface area contributed by atoms with Gasteiger partial charge in [0.1, 0.15) is 5.75 Å². The van der Waals surface area contributed by atoms with E-state index in [1.807, 2.05) is 13.1 Å². The van der Waals surface area contributed by atoms with Crippen molar-refractivity contribution in [2.45, 2.75) is 13.1 Å². The molecule has 1 aromatic rings. The Balaban J connectivity index is 2.58. The van der Waals surface area contributed by atoms with E-state index in [4.69, 9.17) is 0 Å². The summed E-state index contributed by atoms with van der Waals surface area (Å²) in [5.74, 6) is 0.0871. The van der Waals surface area contributed by atoms with E-state index in [0.717, 1.165) is 30.5 Å². The number of rotatable bonds is 1. The van der Waals surface area contributed by atoms with Gasteiger partial charge in [-0.2, -0.15) is 0 Å². The third kappa shape index (κ3) is 1.21. The Labute approximate surface area is 76.6 Å². The largest absolute Gasteiger partial charge is 0.507 e. The molecule has 0 fully saturated rings. The lowest BCUT2D eigenvalue weighted by atomic mass is 10.0. The molecule has 3 nitrogen and oxygen atoms in total. The Bertz CT molecular complexity index is 360. The van der Waals surface area contributed by atoms with Gasteiger partial charge in [0, 0.05) is 13.1 Å². The van der Waals surface area contributed by atoms with Gasteiger partial charge in [0.25, 0.3) is 0 Å². The fourth-order valence-electron chi connectivity index (χ4n) is 1.78. The van der Waals surface area contributed by atoms with E-state index in [1.165, 1.54) is 0 Å². The Hall–Kier alpha value is -1.35. The zero-order valence-corrected chi connectivity index (χ0v) is 7.45. The highest BCUT2D eigenvalue weighted by atomic mass is 16.3. The minimum atomic E-state index is 0.0871. The number of benzene rings is 1. The number of phenols is 1.